The van der Waals surface area contributed by atoms with Gasteiger partial charge in [0.25, 0.3) is 0 Å². The Bertz CT molecular complexity index is 2780. The van der Waals surface area contributed by atoms with Crippen LogP contribution in [0.15, 0.2) is 146 Å². The molecule has 7 aromatic carbocycles. The summed E-state index contributed by atoms with van der Waals surface area (Å²) in [5.74, 6) is 4.74. The van der Waals surface area contributed by atoms with Crippen LogP contribution in [0.25, 0.3) is 0 Å². The van der Waals surface area contributed by atoms with E-state index >= 15 is 0 Å². The van der Waals surface area contributed by atoms with E-state index < -0.39 is 0 Å². The SMILES string of the molecule is C.COc1cc(C)c(C(c2cc(C3CCCCC3)c(CO)cc2C)c2ccccc2OC)cc1C1CCCCC1.COc1ccc(C(C)(C)c2ccc(C(C)(c3ccc(CO)cc3)c3ccc(OC)cc3)cc2)cc1. The molecule has 2 atom stereocenters. The normalized spacial score (nSPS) is 15.3. The summed E-state index contributed by atoms with van der Waals surface area (Å²) in [5.41, 5.74) is 16.5. The molecule has 2 aliphatic rings. The number of aliphatic hydroxyl groups is 2. The molecule has 396 valence electrons. The van der Waals surface area contributed by atoms with E-state index in [-0.39, 0.29) is 37.4 Å². The number of aliphatic hydroxyl groups excluding tert-OH is 2. The predicted octanol–water partition coefficient (Wildman–Crippen LogP) is 16.6. The molecule has 75 heavy (non-hydrogen) atoms. The van der Waals surface area contributed by atoms with E-state index in [2.05, 4.69) is 144 Å². The van der Waals surface area contributed by atoms with Crippen molar-refractivity contribution in [1.82, 2.24) is 0 Å². The van der Waals surface area contributed by atoms with Gasteiger partial charge in [0.05, 0.1) is 41.7 Å². The van der Waals surface area contributed by atoms with Crippen molar-refractivity contribution in [1.29, 1.82) is 0 Å². The monoisotopic (exact) mass is 1010 g/mol. The van der Waals surface area contributed by atoms with Crippen LogP contribution in [0.2, 0.25) is 0 Å². The topological polar surface area (TPSA) is 77.4 Å². The molecular formula is C69H84O6. The van der Waals surface area contributed by atoms with Crippen LogP contribution in [0, 0.1) is 13.8 Å². The fraction of sp³-hybridized carbons (Fsp3) is 0.391. The molecule has 6 nitrogen and oxygen atoms in total. The largest absolute Gasteiger partial charge is 0.497 e. The Hall–Kier alpha value is -6.34. The Balaban J connectivity index is 0.000000217. The molecular weight excluding hydrogens is 925 g/mol. The summed E-state index contributed by atoms with van der Waals surface area (Å²) >= 11 is 0. The number of aryl methyl sites for hydroxylation is 2. The number of rotatable bonds is 16. The Morgan fingerprint density at radius 3 is 1.36 bits per heavy atom. The quantitative estimate of drug-likeness (QED) is 0.0940. The van der Waals surface area contributed by atoms with Gasteiger partial charge >= 0.3 is 0 Å². The maximum absolute atomic E-state index is 10.4. The van der Waals surface area contributed by atoms with Gasteiger partial charge < -0.3 is 29.2 Å². The fourth-order valence-electron chi connectivity index (χ4n) is 12.1. The Morgan fingerprint density at radius 2 is 0.880 bits per heavy atom. The Morgan fingerprint density at radius 1 is 0.453 bits per heavy atom. The van der Waals surface area contributed by atoms with Gasteiger partial charge in [0.1, 0.15) is 23.0 Å². The van der Waals surface area contributed by atoms with Crippen LogP contribution in [0.1, 0.15) is 188 Å². The Labute approximate surface area is 450 Å². The molecule has 6 heteroatoms. The third-order valence-corrected chi connectivity index (χ3v) is 16.9. The van der Waals surface area contributed by atoms with Crippen LogP contribution in [0.5, 0.6) is 23.0 Å². The summed E-state index contributed by atoms with van der Waals surface area (Å²) in [6.07, 6.45) is 12.7. The van der Waals surface area contributed by atoms with Gasteiger partial charge in [0.2, 0.25) is 0 Å². The molecule has 2 N–H and O–H groups in total. The highest BCUT2D eigenvalue weighted by Gasteiger charge is 2.33. The summed E-state index contributed by atoms with van der Waals surface area (Å²) in [6.45, 7) is 11.3. The van der Waals surface area contributed by atoms with Gasteiger partial charge in [0, 0.05) is 22.3 Å². The van der Waals surface area contributed by atoms with E-state index in [9.17, 15) is 10.2 Å². The molecule has 0 bridgehead atoms. The molecule has 0 amide bonds. The molecule has 2 saturated carbocycles. The van der Waals surface area contributed by atoms with Crippen LogP contribution in [0.4, 0.5) is 0 Å². The first-order valence-corrected chi connectivity index (χ1v) is 27.0. The predicted molar refractivity (Wildman–Crippen MR) is 310 cm³/mol. The summed E-state index contributed by atoms with van der Waals surface area (Å²) in [7, 11) is 6.97. The smallest absolute Gasteiger partial charge is 0.123 e. The second kappa shape index (κ2) is 25.5. The number of ether oxygens (including phenoxy) is 4. The highest BCUT2D eigenvalue weighted by molar-refractivity contribution is 5.58. The number of benzene rings is 7. The molecule has 0 spiro atoms. The number of hydrogen-bond acceptors (Lipinski definition) is 6. The van der Waals surface area contributed by atoms with Crippen molar-refractivity contribution >= 4 is 0 Å². The average Bonchev–Trinajstić information content (AvgIpc) is 3.46. The van der Waals surface area contributed by atoms with Crippen LogP contribution in [-0.4, -0.2) is 38.7 Å². The minimum Gasteiger partial charge on any atom is -0.497 e. The van der Waals surface area contributed by atoms with Gasteiger partial charge in [-0.3, -0.25) is 0 Å². The second-order valence-electron chi connectivity index (χ2n) is 21.5. The molecule has 2 unspecified atom stereocenters. The molecule has 0 saturated heterocycles. The first-order valence-electron chi connectivity index (χ1n) is 27.0. The van der Waals surface area contributed by atoms with Gasteiger partial charge in [-0.2, -0.15) is 0 Å². The first-order chi connectivity index (χ1) is 35.9. The highest BCUT2D eigenvalue weighted by atomic mass is 16.5. The fourth-order valence-corrected chi connectivity index (χ4v) is 12.1. The second-order valence-corrected chi connectivity index (χ2v) is 21.5. The van der Waals surface area contributed by atoms with E-state index in [0.29, 0.717) is 11.8 Å². The van der Waals surface area contributed by atoms with Gasteiger partial charge in [-0.25, -0.2) is 0 Å². The van der Waals surface area contributed by atoms with Crippen molar-refractivity contribution in [2.24, 2.45) is 0 Å². The number of methoxy groups -OCH3 is 4. The first kappa shape index (κ1) is 56.4. The lowest BCUT2D eigenvalue weighted by Crippen LogP contribution is -2.26. The zero-order valence-corrected chi connectivity index (χ0v) is 45.6. The molecule has 0 aliphatic heterocycles. The molecule has 7 aromatic rings. The standard InChI is InChI=1S/C36H46O3.C32H34O3.CH4/c1-24-19-28(23-37)32(26-13-7-5-8-14-26)21-30(24)36(29-17-11-12-18-34(29)38-3)31-22-33(27-15-9-6-10-16-27)35(39-4)20-25(31)2;1-31(2,25-14-18-29(34-4)19-15-25)24-10-12-27(13-11-24)32(3,26-8-6-23(22-33)7-9-26)28-16-20-30(35-5)21-17-28;/h11-12,17-22,26-27,36-37H,5-10,13-16,23H2,1-4H3;6-21,33H,22H2,1-5H3;1H4. The van der Waals surface area contributed by atoms with Crippen LogP contribution >= 0.6 is 0 Å². The van der Waals surface area contributed by atoms with Gasteiger partial charge in [-0.15, -0.1) is 0 Å². The molecule has 0 heterocycles. The summed E-state index contributed by atoms with van der Waals surface area (Å²) in [4.78, 5) is 0. The van der Waals surface area contributed by atoms with Gasteiger partial charge in [0.15, 0.2) is 0 Å². The minimum atomic E-state index is -0.372. The average molecular weight is 1010 g/mol. The van der Waals surface area contributed by atoms with Crippen LogP contribution in [0.3, 0.4) is 0 Å². The van der Waals surface area contributed by atoms with Gasteiger partial charge in [-0.1, -0.05) is 169 Å². The molecule has 0 radical (unpaired) electrons. The van der Waals surface area contributed by atoms with E-state index in [1.165, 1.54) is 131 Å². The third-order valence-electron chi connectivity index (χ3n) is 16.9. The lowest BCUT2D eigenvalue weighted by Gasteiger charge is -2.33. The Kier molecular flexibility index (Phi) is 19.1. The zero-order valence-electron chi connectivity index (χ0n) is 45.6. The van der Waals surface area contributed by atoms with Crippen molar-refractivity contribution < 1.29 is 29.2 Å². The maximum atomic E-state index is 10.4. The van der Waals surface area contributed by atoms with E-state index in [4.69, 9.17) is 18.9 Å². The maximum Gasteiger partial charge on any atom is 0.123 e. The van der Waals surface area contributed by atoms with Gasteiger partial charge in [-0.05, 0) is 167 Å². The molecule has 9 rings (SSSR count). The molecule has 2 fully saturated rings. The van der Waals surface area contributed by atoms with E-state index in [1.807, 2.05) is 43.5 Å². The van der Waals surface area contributed by atoms with Crippen molar-refractivity contribution in [2.45, 2.75) is 148 Å². The number of hydrogen-bond donors (Lipinski definition) is 2. The molecule has 2 aliphatic carbocycles. The lowest BCUT2D eigenvalue weighted by molar-refractivity contribution is 0.278. The van der Waals surface area contributed by atoms with Crippen molar-refractivity contribution in [3.63, 3.8) is 0 Å². The van der Waals surface area contributed by atoms with Crippen molar-refractivity contribution in [3.8, 4) is 23.0 Å². The highest BCUT2D eigenvalue weighted by Crippen LogP contribution is 2.47. The third kappa shape index (κ3) is 12.2. The van der Waals surface area contributed by atoms with Crippen molar-refractivity contribution in [3.05, 3.63) is 223 Å². The molecule has 0 aromatic heterocycles. The zero-order chi connectivity index (χ0) is 52.4. The lowest BCUT2D eigenvalue weighted by atomic mass is 9.70. The summed E-state index contributed by atoms with van der Waals surface area (Å²) in [5, 5.41) is 19.9. The summed E-state index contributed by atoms with van der Waals surface area (Å²) < 4.78 is 22.7. The van der Waals surface area contributed by atoms with E-state index in [0.717, 1.165) is 34.1 Å². The van der Waals surface area contributed by atoms with E-state index in [1.54, 1.807) is 21.3 Å². The number of para-hydroxylation sites is 1. The van der Waals surface area contributed by atoms with Crippen LogP contribution in [-0.2, 0) is 24.0 Å². The summed E-state index contributed by atoms with van der Waals surface area (Å²) in [6, 6.07) is 51.7. The van der Waals surface area contributed by atoms with Crippen molar-refractivity contribution in [2.75, 3.05) is 28.4 Å². The minimum absolute atomic E-state index is 0. The van der Waals surface area contributed by atoms with Crippen LogP contribution < -0.4 is 18.9 Å².